The second-order valence-electron chi connectivity index (χ2n) is 7.55. The summed E-state index contributed by atoms with van der Waals surface area (Å²) in [5.74, 6) is -6.93. The van der Waals surface area contributed by atoms with Crippen LogP contribution in [0.4, 0.5) is 10.8 Å². The highest BCUT2D eigenvalue weighted by Crippen LogP contribution is 2.29. The van der Waals surface area contributed by atoms with Crippen molar-refractivity contribution in [2.45, 2.75) is 26.3 Å². The van der Waals surface area contributed by atoms with Crippen molar-refractivity contribution < 1.29 is 33.6 Å². The van der Waals surface area contributed by atoms with E-state index in [0.717, 1.165) is 25.6 Å². The molecule has 0 spiro atoms. The number of nitro benzene ring substituents is 1. The number of nitrogens with zero attached hydrogens (tertiary/aromatic N) is 3. The van der Waals surface area contributed by atoms with E-state index in [1.807, 2.05) is 0 Å². The van der Waals surface area contributed by atoms with Gasteiger partial charge in [0.15, 0.2) is 16.8 Å². The number of nitro groups is 1. The van der Waals surface area contributed by atoms with E-state index >= 15 is 0 Å². The number of carbonyl (C=O) groups is 4. The number of esters is 2. The van der Waals surface area contributed by atoms with Crippen LogP contribution in [0, 0.1) is 16.0 Å². The number of nitrogens with one attached hydrogen (secondary N) is 2. The molecule has 33 heavy (non-hydrogen) atoms. The summed E-state index contributed by atoms with van der Waals surface area (Å²) in [5.41, 5.74) is 1.47. The van der Waals surface area contributed by atoms with Crippen LogP contribution < -0.4 is 10.7 Å². The third-order valence-corrected chi connectivity index (χ3v) is 4.84. The number of anilines is 1. The molecule has 0 fully saturated rings. The number of aromatic nitrogens is 1. The van der Waals surface area contributed by atoms with Crippen LogP contribution in [0.1, 0.15) is 20.8 Å². The lowest BCUT2D eigenvalue weighted by molar-refractivity contribution is -0.384. The molecule has 1 aromatic carbocycles. The van der Waals surface area contributed by atoms with E-state index in [1.54, 1.807) is 20.8 Å². The van der Waals surface area contributed by atoms with Gasteiger partial charge in [0, 0.05) is 17.7 Å². The minimum Gasteiger partial charge on any atom is -0.468 e. The van der Waals surface area contributed by atoms with Crippen molar-refractivity contribution in [1.29, 1.82) is 0 Å². The van der Waals surface area contributed by atoms with Gasteiger partial charge in [-0.2, -0.15) is 5.10 Å². The van der Waals surface area contributed by atoms with E-state index in [2.05, 4.69) is 30.3 Å². The van der Waals surface area contributed by atoms with Crippen LogP contribution in [-0.2, 0) is 28.7 Å². The van der Waals surface area contributed by atoms with Crippen LogP contribution in [0.5, 0.6) is 0 Å². The number of carbonyl (C=O) groups excluding carboxylic acids is 4. The van der Waals surface area contributed by atoms with Gasteiger partial charge in [0.05, 0.1) is 29.4 Å². The molecule has 2 aromatic rings. The monoisotopic (exact) mass is 479 g/mol. The molecule has 0 aliphatic heterocycles. The molecule has 0 saturated carbocycles. The molecule has 1 amide bonds. The van der Waals surface area contributed by atoms with Crippen LogP contribution in [-0.4, -0.2) is 59.0 Å². The molecule has 0 aliphatic carbocycles. The summed E-state index contributed by atoms with van der Waals surface area (Å²) < 4.78 is 9.59. The highest BCUT2D eigenvalue weighted by molar-refractivity contribution is 7.22. The summed E-state index contributed by atoms with van der Waals surface area (Å²) in [7, 11) is 2.00. The number of hydrogen-bond donors (Lipinski definition) is 2. The first kappa shape index (κ1) is 25.3. The third-order valence-electron chi connectivity index (χ3n) is 3.91. The first-order valence-corrected chi connectivity index (χ1v) is 10.1. The number of ether oxygens (including phenoxy) is 2. The highest BCUT2D eigenvalue weighted by atomic mass is 32.1. The molecule has 0 radical (unpaired) electrons. The van der Waals surface area contributed by atoms with Crippen molar-refractivity contribution in [2.24, 2.45) is 11.0 Å². The summed E-state index contributed by atoms with van der Waals surface area (Å²) in [4.78, 5) is 64.4. The number of Topliss-reactive ketones (excluding diaryl/α,β-unsaturated/α-hetero) is 1. The lowest BCUT2D eigenvalue weighted by Gasteiger charge is -2.20. The molecular weight excluding hydrogens is 458 g/mol. The maximum atomic E-state index is 12.9. The largest absolute Gasteiger partial charge is 0.468 e. The number of fused-ring (bicyclic) bond motifs is 1. The van der Waals surface area contributed by atoms with E-state index in [4.69, 9.17) is 0 Å². The van der Waals surface area contributed by atoms with Gasteiger partial charge >= 0.3 is 11.9 Å². The first-order valence-electron chi connectivity index (χ1n) is 9.29. The Morgan fingerprint density at radius 2 is 1.85 bits per heavy atom. The fourth-order valence-electron chi connectivity index (χ4n) is 2.39. The van der Waals surface area contributed by atoms with Gasteiger partial charge in [0.25, 0.3) is 11.6 Å². The lowest BCUT2D eigenvalue weighted by atomic mass is 9.97. The predicted octanol–water partition coefficient (Wildman–Crippen LogP) is 1.42. The molecule has 1 atom stereocenters. The van der Waals surface area contributed by atoms with Gasteiger partial charge in [-0.15, -0.1) is 0 Å². The Morgan fingerprint density at radius 1 is 1.18 bits per heavy atom. The summed E-state index contributed by atoms with van der Waals surface area (Å²) in [5, 5.41) is 16.9. The average Bonchev–Trinajstić information content (AvgIpc) is 3.15. The molecule has 13 nitrogen and oxygen atoms in total. The number of ketones is 1. The molecule has 1 aromatic heterocycles. The summed E-state index contributed by atoms with van der Waals surface area (Å²) in [6, 6.07) is 3.90. The molecule has 2 N–H and O–H groups in total. The van der Waals surface area contributed by atoms with E-state index in [0.29, 0.717) is 10.2 Å². The minimum absolute atomic E-state index is 0.0446. The molecule has 2 rings (SSSR count). The summed E-state index contributed by atoms with van der Waals surface area (Å²) in [6.07, 6.45) is 0. The fraction of sp³-hybridized carbons (Fsp3) is 0.368. The van der Waals surface area contributed by atoms with Crippen LogP contribution in [0.2, 0.25) is 0 Å². The van der Waals surface area contributed by atoms with Crippen LogP contribution in [0.15, 0.2) is 23.3 Å². The van der Waals surface area contributed by atoms with Crippen molar-refractivity contribution in [1.82, 2.24) is 10.4 Å². The van der Waals surface area contributed by atoms with Gasteiger partial charge in [-0.25, -0.2) is 9.78 Å². The minimum atomic E-state index is -2.01. The highest BCUT2D eigenvalue weighted by Gasteiger charge is 2.41. The van der Waals surface area contributed by atoms with E-state index < -0.39 is 45.7 Å². The number of hydrazone groups is 1. The molecule has 1 heterocycles. The SMILES string of the molecule is COC(=O)/C(=N/NC(C)(C)C)[C@H](C(=O)OC)C(=O)C(=O)Nc1nc2ccc([N+](=O)[O-])cc2s1. The zero-order valence-corrected chi connectivity index (χ0v) is 19.1. The molecule has 176 valence electrons. The normalized spacial score (nSPS) is 12.6. The molecule has 14 heteroatoms. The van der Waals surface area contributed by atoms with Crippen LogP contribution in [0.3, 0.4) is 0 Å². The second-order valence-corrected chi connectivity index (χ2v) is 8.58. The summed E-state index contributed by atoms with van der Waals surface area (Å²) >= 11 is 0.883. The Hall–Kier alpha value is -3.94. The third kappa shape index (κ3) is 6.29. The standard InChI is InChI=1S/C19H21N5O8S/c1-19(2,3)23-22-13(17(28)32-5)12(16(27)31-4)14(25)15(26)21-18-20-10-7-6-9(24(29)30)8-11(10)33-18/h6-8,12,23H,1-5H3,(H,20,21,26)/b22-13+/t12-/m0/s1. The predicted molar refractivity (Wildman–Crippen MR) is 118 cm³/mol. The van der Waals surface area contributed by atoms with Crippen molar-refractivity contribution in [3.05, 3.63) is 28.3 Å². The van der Waals surface area contributed by atoms with Crippen molar-refractivity contribution in [3.8, 4) is 0 Å². The number of rotatable bonds is 8. The lowest BCUT2D eigenvalue weighted by Crippen LogP contribution is -2.45. The Bertz CT molecular complexity index is 1150. The van der Waals surface area contributed by atoms with Crippen molar-refractivity contribution in [3.63, 3.8) is 0 Å². The van der Waals surface area contributed by atoms with Crippen LogP contribution in [0.25, 0.3) is 10.2 Å². The number of amides is 1. The number of non-ortho nitro benzene ring substituents is 1. The Balaban J connectivity index is 2.37. The number of benzene rings is 1. The average molecular weight is 479 g/mol. The zero-order valence-electron chi connectivity index (χ0n) is 18.3. The van der Waals surface area contributed by atoms with E-state index in [1.165, 1.54) is 18.2 Å². The maximum absolute atomic E-state index is 12.9. The second kappa shape index (κ2) is 10.1. The zero-order chi connectivity index (χ0) is 24.9. The van der Waals surface area contributed by atoms with Crippen molar-refractivity contribution >= 4 is 61.7 Å². The van der Waals surface area contributed by atoms with Crippen molar-refractivity contribution in [2.75, 3.05) is 19.5 Å². The molecule has 0 unspecified atom stereocenters. The van der Waals surface area contributed by atoms with Gasteiger partial charge in [0.2, 0.25) is 5.78 Å². The van der Waals surface area contributed by atoms with Crippen LogP contribution >= 0.6 is 11.3 Å². The quantitative estimate of drug-likeness (QED) is 0.140. The van der Waals surface area contributed by atoms with Gasteiger partial charge in [-0.3, -0.25) is 29.8 Å². The Labute approximate surface area is 191 Å². The molecule has 0 bridgehead atoms. The summed E-state index contributed by atoms with van der Waals surface area (Å²) in [6.45, 7) is 5.14. The topological polar surface area (TPSA) is 179 Å². The Morgan fingerprint density at radius 3 is 2.39 bits per heavy atom. The first-order chi connectivity index (χ1) is 15.4. The van der Waals surface area contributed by atoms with Gasteiger partial charge in [-0.05, 0) is 26.8 Å². The molecule has 0 aliphatic rings. The fourth-order valence-corrected chi connectivity index (χ4v) is 3.29. The van der Waals surface area contributed by atoms with E-state index in [-0.39, 0.29) is 10.8 Å². The molecular formula is C19H21N5O8S. The number of hydrogen-bond acceptors (Lipinski definition) is 12. The Kier molecular flexibility index (Phi) is 7.76. The van der Waals surface area contributed by atoms with E-state index in [9.17, 15) is 29.3 Å². The molecule has 0 saturated heterocycles. The smallest absolute Gasteiger partial charge is 0.355 e. The van der Waals surface area contributed by atoms with Gasteiger partial charge in [0.1, 0.15) is 0 Å². The number of thiazole rings is 1. The maximum Gasteiger partial charge on any atom is 0.355 e. The van der Waals surface area contributed by atoms with Gasteiger partial charge < -0.3 is 14.9 Å². The number of methoxy groups -OCH3 is 2. The van der Waals surface area contributed by atoms with Gasteiger partial charge in [-0.1, -0.05) is 11.3 Å².